The molecule has 2 saturated heterocycles. The van der Waals surface area contributed by atoms with Crippen molar-refractivity contribution in [2.45, 2.75) is 57.5 Å². The Morgan fingerprint density at radius 3 is 2.17 bits per heavy atom. The van der Waals surface area contributed by atoms with E-state index in [4.69, 9.17) is 0 Å². The Morgan fingerprint density at radius 1 is 1.17 bits per heavy atom. The third-order valence-corrected chi connectivity index (χ3v) is 4.43. The van der Waals surface area contributed by atoms with Gasteiger partial charge >= 0.3 is 0 Å². The molecule has 2 heterocycles. The second-order valence-electron chi connectivity index (χ2n) is 5.12. The molecular formula is C11H19N. The van der Waals surface area contributed by atoms with Gasteiger partial charge in [0.15, 0.2) is 0 Å². The van der Waals surface area contributed by atoms with Crippen molar-refractivity contribution in [3.05, 3.63) is 0 Å². The Hall–Kier alpha value is -0.0400. The molecule has 0 amide bonds. The minimum Gasteiger partial charge on any atom is -0.298 e. The number of fused-ring (bicyclic) bond motifs is 2. The topological polar surface area (TPSA) is 3.24 Å². The van der Waals surface area contributed by atoms with Crippen LogP contribution >= 0.6 is 0 Å². The third-order valence-electron chi connectivity index (χ3n) is 4.43. The van der Waals surface area contributed by atoms with Gasteiger partial charge in [-0.1, -0.05) is 6.92 Å². The minimum absolute atomic E-state index is 0.873. The Kier molecular flexibility index (Phi) is 1.39. The molecule has 0 N–H and O–H groups in total. The molecule has 0 radical (unpaired) electrons. The van der Waals surface area contributed by atoms with Crippen LogP contribution in [0.1, 0.15) is 45.4 Å². The van der Waals surface area contributed by atoms with Gasteiger partial charge in [0.25, 0.3) is 0 Å². The molecular weight excluding hydrogens is 146 g/mol. The normalized spacial score (nSPS) is 43.8. The van der Waals surface area contributed by atoms with Crippen molar-refractivity contribution in [3.8, 4) is 0 Å². The predicted molar refractivity (Wildman–Crippen MR) is 50.1 cm³/mol. The van der Waals surface area contributed by atoms with Gasteiger partial charge < -0.3 is 0 Å². The zero-order valence-electron chi connectivity index (χ0n) is 8.05. The van der Waals surface area contributed by atoms with Gasteiger partial charge in [0.2, 0.25) is 0 Å². The van der Waals surface area contributed by atoms with Crippen LogP contribution in [0.2, 0.25) is 0 Å². The van der Waals surface area contributed by atoms with E-state index >= 15 is 0 Å². The first-order chi connectivity index (χ1) is 5.83. The summed E-state index contributed by atoms with van der Waals surface area (Å²) in [5.74, 6) is 0. The molecule has 1 nitrogen and oxygen atoms in total. The maximum absolute atomic E-state index is 2.77. The molecule has 1 heteroatoms. The Morgan fingerprint density at radius 2 is 1.75 bits per heavy atom. The summed E-state index contributed by atoms with van der Waals surface area (Å²) in [5, 5.41) is 0. The SMILES string of the molecule is CCN1C2CCC1CC1(CC1)C2. The van der Waals surface area contributed by atoms with Crippen molar-refractivity contribution in [1.82, 2.24) is 4.90 Å². The Bertz CT molecular complexity index is 179. The molecule has 3 aliphatic rings. The molecule has 2 unspecified atom stereocenters. The van der Waals surface area contributed by atoms with Crippen LogP contribution in [0.3, 0.4) is 0 Å². The summed E-state index contributed by atoms with van der Waals surface area (Å²) in [7, 11) is 0. The van der Waals surface area contributed by atoms with Crippen molar-refractivity contribution in [1.29, 1.82) is 0 Å². The standard InChI is InChI=1S/C11H19N/c1-2-12-9-3-4-10(12)8-11(7-9)5-6-11/h9-10H,2-8H2,1H3. The Balaban J connectivity index is 1.81. The fourth-order valence-corrected chi connectivity index (χ4v) is 3.64. The molecule has 1 aliphatic carbocycles. The maximum Gasteiger partial charge on any atom is 0.0104 e. The van der Waals surface area contributed by atoms with Crippen LogP contribution < -0.4 is 0 Å². The summed E-state index contributed by atoms with van der Waals surface area (Å²) in [6.07, 6.45) is 9.18. The fourth-order valence-electron chi connectivity index (χ4n) is 3.64. The van der Waals surface area contributed by atoms with E-state index in [0.29, 0.717) is 0 Å². The molecule has 3 rings (SSSR count). The molecule has 2 atom stereocenters. The first-order valence-corrected chi connectivity index (χ1v) is 5.59. The predicted octanol–water partition coefficient (Wildman–Crippen LogP) is 2.41. The lowest BCUT2D eigenvalue weighted by Crippen LogP contribution is -2.43. The first kappa shape index (κ1) is 7.37. The quantitative estimate of drug-likeness (QED) is 0.576. The van der Waals surface area contributed by atoms with Gasteiger partial charge in [-0.3, -0.25) is 4.90 Å². The summed E-state index contributed by atoms with van der Waals surface area (Å²) in [6, 6.07) is 1.97. The molecule has 0 aromatic carbocycles. The van der Waals surface area contributed by atoms with Gasteiger partial charge in [0, 0.05) is 12.1 Å². The van der Waals surface area contributed by atoms with Crippen molar-refractivity contribution in [2.75, 3.05) is 6.54 Å². The maximum atomic E-state index is 2.77. The van der Waals surface area contributed by atoms with E-state index in [1.165, 1.54) is 32.2 Å². The Labute approximate surface area is 75.1 Å². The van der Waals surface area contributed by atoms with Crippen LogP contribution in [0.4, 0.5) is 0 Å². The van der Waals surface area contributed by atoms with E-state index in [-0.39, 0.29) is 0 Å². The molecule has 2 bridgehead atoms. The van der Waals surface area contributed by atoms with Crippen LogP contribution in [0.5, 0.6) is 0 Å². The lowest BCUT2D eigenvalue weighted by molar-refractivity contribution is 0.0996. The summed E-state index contributed by atoms with van der Waals surface area (Å²) >= 11 is 0. The van der Waals surface area contributed by atoms with Gasteiger partial charge in [-0.25, -0.2) is 0 Å². The van der Waals surface area contributed by atoms with E-state index in [9.17, 15) is 0 Å². The monoisotopic (exact) mass is 165 g/mol. The molecule has 68 valence electrons. The number of hydrogen-bond donors (Lipinski definition) is 0. The molecule has 0 aromatic heterocycles. The van der Waals surface area contributed by atoms with Crippen LogP contribution in [0, 0.1) is 5.41 Å². The van der Waals surface area contributed by atoms with Gasteiger partial charge in [0.1, 0.15) is 0 Å². The van der Waals surface area contributed by atoms with E-state index < -0.39 is 0 Å². The fraction of sp³-hybridized carbons (Fsp3) is 1.00. The zero-order valence-corrected chi connectivity index (χ0v) is 8.05. The van der Waals surface area contributed by atoms with Crippen LogP contribution in [0.25, 0.3) is 0 Å². The van der Waals surface area contributed by atoms with Crippen LogP contribution in [0.15, 0.2) is 0 Å². The summed E-state index contributed by atoms with van der Waals surface area (Å²) in [6.45, 7) is 3.63. The highest BCUT2D eigenvalue weighted by Gasteiger charge is 2.53. The zero-order chi connectivity index (χ0) is 8.18. The van der Waals surface area contributed by atoms with Gasteiger partial charge in [0.05, 0.1) is 0 Å². The molecule has 0 aromatic rings. The van der Waals surface area contributed by atoms with Crippen LogP contribution in [-0.2, 0) is 0 Å². The highest BCUT2D eigenvalue weighted by Crippen LogP contribution is 2.59. The molecule has 1 spiro atoms. The first-order valence-electron chi connectivity index (χ1n) is 5.59. The summed E-state index contributed by atoms with van der Waals surface area (Å²) < 4.78 is 0. The second kappa shape index (κ2) is 2.25. The lowest BCUT2D eigenvalue weighted by atomic mass is 9.88. The number of nitrogens with zero attached hydrogens (tertiary/aromatic N) is 1. The average Bonchev–Trinajstić information content (AvgIpc) is 2.75. The lowest BCUT2D eigenvalue weighted by Gasteiger charge is -2.38. The largest absolute Gasteiger partial charge is 0.298 e. The molecule has 3 fully saturated rings. The smallest absolute Gasteiger partial charge is 0.0104 e. The van der Waals surface area contributed by atoms with Crippen LogP contribution in [-0.4, -0.2) is 23.5 Å². The van der Waals surface area contributed by atoms with Gasteiger partial charge in [-0.05, 0) is 50.5 Å². The summed E-state index contributed by atoms with van der Waals surface area (Å²) in [4.78, 5) is 2.77. The van der Waals surface area contributed by atoms with E-state index in [2.05, 4.69) is 11.8 Å². The molecule has 12 heavy (non-hydrogen) atoms. The van der Waals surface area contributed by atoms with Gasteiger partial charge in [-0.2, -0.15) is 0 Å². The third kappa shape index (κ3) is 0.891. The highest BCUT2D eigenvalue weighted by atomic mass is 15.2. The number of hydrogen-bond acceptors (Lipinski definition) is 1. The minimum atomic E-state index is 0.873. The number of rotatable bonds is 1. The van der Waals surface area contributed by atoms with Crippen molar-refractivity contribution >= 4 is 0 Å². The van der Waals surface area contributed by atoms with Crippen molar-refractivity contribution in [2.24, 2.45) is 5.41 Å². The van der Waals surface area contributed by atoms with Crippen molar-refractivity contribution in [3.63, 3.8) is 0 Å². The van der Waals surface area contributed by atoms with Crippen molar-refractivity contribution < 1.29 is 0 Å². The molecule has 2 aliphatic heterocycles. The average molecular weight is 165 g/mol. The van der Waals surface area contributed by atoms with E-state index in [1.54, 1.807) is 12.8 Å². The second-order valence-corrected chi connectivity index (χ2v) is 5.12. The number of piperidine rings is 1. The summed E-state index contributed by atoms with van der Waals surface area (Å²) in [5.41, 5.74) is 0.873. The highest BCUT2D eigenvalue weighted by molar-refractivity contribution is 5.06. The van der Waals surface area contributed by atoms with E-state index in [1.807, 2.05) is 0 Å². The molecule has 1 saturated carbocycles. The van der Waals surface area contributed by atoms with Gasteiger partial charge in [-0.15, -0.1) is 0 Å². The van der Waals surface area contributed by atoms with E-state index in [0.717, 1.165) is 17.5 Å².